The molecule has 1 saturated carbocycles. The highest BCUT2D eigenvalue weighted by atomic mass is 16.3. The molecule has 2 rings (SSSR count). The molecule has 2 unspecified atom stereocenters. The molecule has 1 aliphatic heterocycles. The van der Waals surface area contributed by atoms with Crippen molar-refractivity contribution < 1.29 is 5.11 Å². The van der Waals surface area contributed by atoms with Gasteiger partial charge in [0.15, 0.2) is 0 Å². The first kappa shape index (κ1) is 9.44. The summed E-state index contributed by atoms with van der Waals surface area (Å²) >= 11 is 0. The molecule has 2 fully saturated rings. The lowest BCUT2D eigenvalue weighted by molar-refractivity contribution is 0.187. The maximum absolute atomic E-state index is 9.13. The quantitative estimate of drug-likeness (QED) is 0.574. The van der Waals surface area contributed by atoms with Crippen LogP contribution in [0.25, 0.3) is 0 Å². The molecule has 3 heteroatoms. The van der Waals surface area contributed by atoms with E-state index in [-0.39, 0.29) is 0 Å². The Morgan fingerprint density at radius 1 is 1.23 bits per heavy atom. The summed E-state index contributed by atoms with van der Waals surface area (Å²) in [6, 6.07) is 0.694. The van der Waals surface area contributed by atoms with Gasteiger partial charge in [-0.25, -0.2) is 0 Å². The van der Waals surface area contributed by atoms with E-state index >= 15 is 0 Å². The minimum atomic E-state index is 0.384. The zero-order valence-corrected chi connectivity index (χ0v) is 8.13. The van der Waals surface area contributed by atoms with Gasteiger partial charge in [-0.15, -0.1) is 0 Å². The van der Waals surface area contributed by atoms with E-state index in [0.717, 1.165) is 25.6 Å². The molecule has 3 N–H and O–H groups in total. The Balaban J connectivity index is 1.67. The van der Waals surface area contributed by atoms with Gasteiger partial charge in [-0.2, -0.15) is 0 Å². The van der Waals surface area contributed by atoms with Gasteiger partial charge < -0.3 is 15.7 Å². The average Bonchev–Trinajstić information content (AvgIpc) is 2.49. The van der Waals surface area contributed by atoms with Gasteiger partial charge in [0.1, 0.15) is 0 Å². The minimum Gasteiger partial charge on any atom is -0.396 e. The molecule has 0 spiro atoms. The second kappa shape index (κ2) is 4.40. The van der Waals surface area contributed by atoms with Crippen molar-refractivity contribution in [2.24, 2.45) is 11.8 Å². The van der Waals surface area contributed by atoms with Crippen molar-refractivity contribution in [3.05, 3.63) is 0 Å². The molecule has 76 valence electrons. The Kier molecular flexibility index (Phi) is 3.19. The molecule has 0 amide bonds. The molecule has 2 aliphatic rings. The third kappa shape index (κ3) is 2.22. The van der Waals surface area contributed by atoms with Crippen LogP contribution in [0.15, 0.2) is 0 Å². The van der Waals surface area contributed by atoms with Crippen molar-refractivity contribution in [2.75, 3.05) is 26.2 Å². The van der Waals surface area contributed by atoms with Gasteiger partial charge in [0.05, 0.1) is 0 Å². The van der Waals surface area contributed by atoms with Crippen LogP contribution in [0.5, 0.6) is 0 Å². The highest BCUT2D eigenvalue weighted by molar-refractivity contribution is 4.85. The molecule has 0 radical (unpaired) electrons. The molecule has 2 atom stereocenters. The minimum absolute atomic E-state index is 0.384. The van der Waals surface area contributed by atoms with Gasteiger partial charge in [0.25, 0.3) is 0 Å². The molecule has 0 aromatic heterocycles. The fraction of sp³-hybridized carbons (Fsp3) is 1.00. The normalized spacial score (nSPS) is 34.8. The van der Waals surface area contributed by atoms with Crippen molar-refractivity contribution >= 4 is 0 Å². The van der Waals surface area contributed by atoms with Gasteiger partial charge in [0, 0.05) is 25.7 Å². The highest BCUT2D eigenvalue weighted by Crippen LogP contribution is 2.30. The van der Waals surface area contributed by atoms with E-state index in [4.69, 9.17) is 5.11 Å². The van der Waals surface area contributed by atoms with E-state index in [1.54, 1.807) is 0 Å². The Hall–Kier alpha value is -0.120. The lowest BCUT2D eigenvalue weighted by Crippen LogP contribution is -2.56. The zero-order chi connectivity index (χ0) is 9.10. The Labute approximate surface area is 79.9 Å². The molecule has 13 heavy (non-hydrogen) atoms. The molecule has 0 bridgehead atoms. The molecule has 3 nitrogen and oxygen atoms in total. The van der Waals surface area contributed by atoms with Gasteiger partial charge >= 0.3 is 0 Å². The van der Waals surface area contributed by atoms with Crippen LogP contribution >= 0.6 is 0 Å². The van der Waals surface area contributed by atoms with Crippen LogP contribution in [0.3, 0.4) is 0 Å². The number of aliphatic hydroxyl groups is 1. The largest absolute Gasteiger partial charge is 0.396 e. The molecular weight excluding hydrogens is 164 g/mol. The summed E-state index contributed by atoms with van der Waals surface area (Å²) < 4.78 is 0. The Morgan fingerprint density at radius 2 is 2.00 bits per heavy atom. The summed E-state index contributed by atoms with van der Waals surface area (Å²) in [7, 11) is 0. The van der Waals surface area contributed by atoms with E-state index in [1.807, 2.05) is 0 Å². The van der Waals surface area contributed by atoms with Gasteiger partial charge in [-0.05, 0) is 31.2 Å². The third-order valence-corrected chi connectivity index (χ3v) is 3.50. The Bertz CT molecular complexity index is 159. The number of rotatable bonds is 4. The van der Waals surface area contributed by atoms with E-state index < -0.39 is 0 Å². The first-order chi connectivity index (χ1) is 6.40. The standard InChI is InChI=1S/C10H20N2O/c13-7-9-3-1-2-8(9)4-12-10-5-11-6-10/h8-13H,1-7H2. The van der Waals surface area contributed by atoms with Crippen molar-refractivity contribution in [2.45, 2.75) is 25.3 Å². The predicted molar refractivity (Wildman–Crippen MR) is 52.6 cm³/mol. The van der Waals surface area contributed by atoms with Crippen LogP contribution in [-0.4, -0.2) is 37.4 Å². The van der Waals surface area contributed by atoms with E-state index in [1.165, 1.54) is 19.3 Å². The SMILES string of the molecule is OCC1CCCC1CNC1CNC1. The third-order valence-electron chi connectivity index (χ3n) is 3.50. The topological polar surface area (TPSA) is 44.3 Å². The summed E-state index contributed by atoms with van der Waals surface area (Å²) in [5, 5.41) is 15.9. The van der Waals surface area contributed by atoms with Gasteiger partial charge in [0.2, 0.25) is 0 Å². The lowest BCUT2D eigenvalue weighted by atomic mass is 9.96. The van der Waals surface area contributed by atoms with Crippen LogP contribution in [0, 0.1) is 11.8 Å². The van der Waals surface area contributed by atoms with Crippen molar-refractivity contribution in [3.8, 4) is 0 Å². The lowest BCUT2D eigenvalue weighted by Gasteiger charge is -2.30. The van der Waals surface area contributed by atoms with E-state index in [9.17, 15) is 0 Å². The van der Waals surface area contributed by atoms with Crippen molar-refractivity contribution in [1.29, 1.82) is 0 Å². The molecule has 0 aromatic rings. The van der Waals surface area contributed by atoms with Crippen LogP contribution < -0.4 is 10.6 Å². The van der Waals surface area contributed by atoms with Crippen molar-refractivity contribution in [3.63, 3.8) is 0 Å². The van der Waals surface area contributed by atoms with Crippen LogP contribution in [0.2, 0.25) is 0 Å². The fourth-order valence-corrected chi connectivity index (χ4v) is 2.37. The second-order valence-electron chi connectivity index (χ2n) is 4.40. The number of aliphatic hydroxyl groups excluding tert-OH is 1. The van der Waals surface area contributed by atoms with E-state index in [0.29, 0.717) is 18.6 Å². The first-order valence-corrected chi connectivity index (χ1v) is 5.45. The fourth-order valence-electron chi connectivity index (χ4n) is 2.37. The van der Waals surface area contributed by atoms with Gasteiger partial charge in [-0.3, -0.25) is 0 Å². The Morgan fingerprint density at radius 3 is 2.62 bits per heavy atom. The summed E-state index contributed by atoms with van der Waals surface area (Å²) in [6.45, 7) is 3.74. The molecular formula is C10H20N2O. The molecule has 1 saturated heterocycles. The number of hydrogen-bond acceptors (Lipinski definition) is 3. The van der Waals surface area contributed by atoms with E-state index in [2.05, 4.69) is 10.6 Å². The average molecular weight is 184 g/mol. The van der Waals surface area contributed by atoms with Gasteiger partial charge in [-0.1, -0.05) is 6.42 Å². The van der Waals surface area contributed by atoms with Crippen LogP contribution in [0.1, 0.15) is 19.3 Å². The smallest absolute Gasteiger partial charge is 0.0462 e. The predicted octanol–water partition coefficient (Wildman–Crippen LogP) is -0.0436. The maximum atomic E-state index is 9.13. The molecule has 0 aromatic carbocycles. The first-order valence-electron chi connectivity index (χ1n) is 5.45. The van der Waals surface area contributed by atoms with Crippen LogP contribution in [-0.2, 0) is 0 Å². The summed E-state index contributed by atoms with van der Waals surface area (Å²) in [6.07, 6.45) is 3.84. The number of hydrogen-bond donors (Lipinski definition) is 3. The summed E-state index contributed by atoms with van der Waals surface area (Å²) in [5.41, 5.74) is 0. The molecule has 1 aliphatic carbocycles. The summed E-state index contributed by atoms with van der Waals surface area (Å²) in [5.74, 6) is 1.30. The highest BCUT2D eigenvalue weighted by Gasteiger charge is 2.27. The second-order valence-corrected chi connectivity index (χ2v) is 4.40. The molecule has 1 heterocycles. The monoisotopic (exact) mass is 184 g/mol. The zero-order valence-electron chi connectivity index (χ0n) is 8.13. The maximum Gasteiger partial charge on any atom is 0.0462 e. The van der Waals surface area contributed by atoms with Crippen LogP contribution in [0.4, 0.5) is 0 Å². The number of nitrogens with one attached hydrogen (secondary N) is 2. The van der Waals surface area contributed by atoms with Crippen molar-refractivity contribution in [1.82, 2.24) is 10.6 Å². The summed E-state index contributed by atoms with van der Waals surface area (Å²) in [4.78, 5) is 0.